The molecule has 0 saturated carbocycles. The molecule has 0 aliphatic carbocycles. The van der Waals surface area contributed by atoms with Crippen molar-refractivity contribution in [3.05, 3.63) is 64.2 Å². The highest BCUT2D eigenvalue weighted by atomic mass is 35.5. The molecule has 1 aliphatic heterocycles. The summed E-state index contributed by atoms with van der Waals surface area (Å²) < 4.78 is 4.67. The number of esters is 1. The van der Waals surface area contributed by atoms with Crippen molar-refractivity contribution in [1.29, 1.82) is 0 Å². The molecule has 1 fully saturated rings. The highest BCUT2D eigenvalue weighted by Gasteiger charge is 2.20. The lowest BCUT2D eigenvalue weighted by Gasteiger charge is -2.27. The normalized spacial score (nSPS) is 13.7. The first kappa shape index (κ1) is 19.9. The number of ether oxygens (including phenoxy) is 1. The number of likely N-dealkylation sites (tertiary alicyclic amines) is 1. The Morgan fingerprint density at radius 3 is 2.39 bits per heavy atom. The van der Waals surface area contributed by atoms with Gasteiger partial charge in [0.2, 0.25) is 0 Å². The molecule has 0 radical (unpaired) electrons. The number of piperidine rings is 1. The van der Waals surface area contributed by atoms with Gasteiger partial charge in [0.05, 0.1) is 23.3 Å². The SMILES string of the molecule is COC(=O)c1cccc(C(=O)Nc2ccc(C(=O)N3CCCCC3)c(Cl)c2)c1. The topological polar surface area (TPSA) is 75.7 Å². The zero-order chi connectivity index (χ0) is 20.1. The Labute approximate surface area is 168 Å². The van der Waals surface area contributed by atoms with Gasteiger partial charge in [0.25, 0.3) is 11.8 Å². The predicted octanol–water partition coefficient (Wildman–Crippen LogP) is 4.01. The third-order valence-electron chi connectivity index (χ3n) is 4.65. The van der Waals surface area contributed by atoms with Gasteiger partial charge in [0.1, 0.15) is 0 Å². The van der Waals surface area contributed by atoms with E-state index in [1.807, 2.05) is 0 Å². The van der Waals surface area contributed by atoms with Gasteiger partial charge in [0, 0.05) is 24.3 Å². The molecule has 2 aromatic rings. The third kappa shape index (κ3) is 4.51. The number of amides is 2. The van der Waals surface area contributed by atoms with Crippen LogP contribution in [0.1, 0.15) is 50.3 Å². The summed E-state index contributed by atoms with van der Waals surface area (Å²) in [4.78, 5) is 38.5. The fourth-order valence-corrected chi connectivity index (χ4v) is 3.40. The van der Waals surface area contributed by atoms with Crippen LogP contribution >= 0.6 is 11.6 Å². The Bertz CT molecular complexity index is 907. The number of benzene rings is 2. The van der Waals surface area contributed by atoms with E-state index in [1.54, 1.807) is 41.3 Å². The summed E-state index contributed by atoms with van der Waals surface area (Å²) in [5, 5.41) is 3.02. The number of anilines is 1. The number of hydrogen-bond acceptors (Lipinski definition) is 4. The third-order valence-corrected chi connectivity index (χ3v) is 4.96. The molecular weight excluding hydrogens is 380 g/mol. The van der Waals surface area contributed by atoms with Crippen molar-refractivity contribution in [2.45, 2.75) is 19.3 Å². The quantitative estimate of drug-likeness (QED) is 0.787. The number of carbonyl (C=O) groups is 3. The zero-order valence-corrected chi connectivity index (χ0v) is 16.3. The van der Waals surface area contributed by atoms with Crippen molar-refractivity contribution >= 4 is 35.1 Å². The molecule has 3 rings (SSSR count). The summed E-state index contributed by atoms with van der Waals surface area (Å²) in [7, 11) is 1.28. The summed E-state index contributed by atoms with van der Waals surface area (Å²) >= 11 is 6.30. The Morgan fingerprint density at radius 1 is 1.00 bits per heavy atom. The Balaban J connectivity index is 1.73. The van der Waals surface area contributed by atoms with E-state index < -0.39 is 11.9 Å². The van der Waals surface area contributed by atoms with Crippen LogP contribution in [-0.4, -0.2) is 42.9 Å². The van der Waals surface area contributed by atoms with Crippen LogP contribution in [0.4, 0.5) is 5.69 Å². The molecule has 1 aliphatic rings. The molecule has 7 heteroatoms. The minimum Gasteiger partial charge on any atom is -0.465 e. The molecule has 146 valence electrons. The highest BCUT2D eigenvalue weighted by molar-refractivity contribution is 6.34. The zero-order valence-electron chi connectivity index (χ0n) is 15.5. The smallest absolute Gasteiger partial charge is 0.337 e. The van der Waals surface area contributed by atoms with Gasteiger partial charge in [-0.3, -0.25) is 9.59 Å². The van der Waals surface area contributed by atoms with Gasteiger partial charge in [-0.1, -0.05) is 17.7 Å². The lowest BCUT2D eigenvalue weighted by atomic mass is 10.1. The van der Waals surface area contributed by atoms with Crippen molar-refractivity contribution in [3.63, 3.8) is 0 Å². The van der Waals surface area contributed by atoms with Gasteiger partial charge < -0.3 is 15.0 Å². The molecule has 0 unspecified atom stereocenters. The van der Waals surface area contributed by atoms with E-state index in [4.69, 9.17) is 11.6 Å². The molecule has 0 bridgehead atoms. The number of nitrogens with zero attached hydrogens (tertiary/aromatic N) is 1. The van der Waals surface area contributed by atoms with E-state index in [9.17, 15) is 14.4 Å². The fraction of sp³-hybridized carbons (Fsp3) is 0.286. The van der Waals surface area contributed by atoms with Crippen molar-refractivity contribution in [2.24, 2.45) is 0 Å². The maximum absolute atomic E-state index is 12.6. The molecule has 2 aromatic carbocycles. The molecule has 1 heterocycles. The first-order chi connectivity index (χ1) is 13.5. The first-order valence-corrected chi connectivity index (χ1v) is 9.46. The Kier molecular flexibility index (Phi) is 6.31. The van der Waals surface area contributed by atoms with Crippen LogP contribution in [0.25, 0.3) is 0 Å². The molecule has 0 aromatic heterocycles. The van der Waals surface area contributed by atoms with Gasteiger partial charge in [0.15, 0.2) is 0 Å². The molecule has 2 amide bonds. The van der Waals surface area contributed by atoms with Crippen LogP contribution in [0.3, 0.4) is 0 Å². The number of nitrogens with one attached hydrogen (secondary N) is 1. The Morgan fingerprint density at radius 2 is 1.71 bits per heavy atom. The van der Waals surface area contributed by atoms with Crippen LogP contribution in [0.2, 0.25) is 5.02 Å². The summed E-state index contributed by atoms with van der Waals surface area (Å²) in [5.41, 5.74) is 1.49. The molecule has 6 nitrogen and oxygen atoms in total. The first-order valence-electron chi connectivity index (χ1n) is 9.08. The van der Waals surface area contributed by atoms with Gasteiger partial charge in [-0.25, -0.2) is 4.79 Å². The molecule has 1 saturated heterocycles. The summed E-state index contributed by atoms with van der Waals surface area (Å²) in [6.07, 6.45) is 3.14. The van der Waals surface area contributed by atoms with Crippen LogP contribution < -0.4 is 5.32 Å². The summed E-state index contributed by atoms with van der Waals surface area (Å²) in [6.45, 7) is 1.48. The van der Waals surface area contributed by atoms with E-state index in [0.29, 0.717) is 16.8 Å². The number of methoxy groups -OCH3 is 1. The molecule has 1 N–H and O–H groups in total. The fourth-order valence-electron chi connectivity index (χ4n) is 3.14. The number of rotatable bonds is 4. The van der Waals surface area contributed by atoms with Crippen molar-refractivity contribution in [3.8, 4) is 0 Å². The van der Waals surface area contributed by atoms with Crippen LogP contribution in [0.15, 0.2) is 42.5 Å². The maximum Gasteiger partial charge on any atom is 0.337 e. The number of halogens is 1. The van der Waals surface area contributed by atoms with E-state index in [0.717, 1.165) is 32.4 Å². The molecule has 0 atom stereocenters. The van der Waals surface area contributed by atoms with E-state index in [2.05, 4.69) is 10.1 Å². The van der Waals surface area contributed by atoms with Crippen LogP contribution in [0, 0.1) is 0 Å². The van der Waals surface area contributed by atoms with Crippen LogP contribution in [-0.2, 0) is 4.74 Å². The maximum atomic E-state index is 12.6. The number of hydrogen-bond donors (Lipinski definition) is 1. The average molecular weight is 401 g/mol. The monoisotopic (exact) mass is 400 g/mol. The largest absolute Gasteiger partial charge is 0.465 e. The summed E-state index contributed by atoms with van der Waals surface area (Å²) in [5.74, 6) is -0.997. The standard InChI is InChI=1S/C21H21ClN2O4/c1-28-21(27)15-7-5-6-14(12-15)19(25)23-16-8-9-17(18(22)13-16)20(26)24-10-3-2-4-11-24/h5-9,12-13H,2-4,10-11H2,1H3,(H,23,25). The lowest BCUT2D eigenvalue weighted by Crippen LogP contribution is -2.35. The average Bonchev–Trinajstić information content (AvgIpc) is 2.73. The van der Waals surface area contributed by atoms with E-state index in [-0.39, 0.29) is 16.5 Å². The second kappa shape index (κ2) is 8.89. The van der Waals surface area contributed by atoms with E-state index in [1.165, 1.54) is 13.2 Å². The van der Waals surface area contributed by atoms with Crippen molar-refractivity contribution in [2.75, 3.05) is 25.5 Å². The second-order valence-corrected chi connectivity index (χ2v) is 6.98. The molecule has 0 spiro atoms. The van der Waals surface area contributed by atoms with Gasteiger partial charge in [-0.15, -0.1) is 0 Å². The highest BCUT2D eigenvalue weighted by Crippen LogP contribution is 2.24. The molecular formula is C21H21ClN2O4. The number of carbonyl (C=O) groups excluding carboxylic acids is 3. The van der Waals surface area contributed by atoms with Gasteiger partial charge >= 0.3 is 5.97 Å². The van der Waals surface area contributed by atoms with Crippen LogP contribution in [0.5, 0.6) is 0 Å². The Hall–Kier alpha value is -2.86. The second-order valence-electron chi connectivity index (χ2n) is 6.57. The van der Waals surface area contributed by atoms with E-state index >= 15 is 0 Å². The predicted molar refractivity (Wildman–Crippen MR) is 107 cm³/mol. The lowest BCUT2D eigenvalue weighted by molar-refractivity contribution is 0.0600. The van der Waals surface area contributed by atoms with Gasteiger partial charge in [-0.05, 0) is 55.7 Å². The van der Waals surface area contributed by atoms with Crippen molar-refractivity contribution in [1.82, 2.24) is 4.90 Å². The minimum absolute atomic E-state index is 0.0895. The molecule has 28 heavy (non-hydrogen) atoms. The van der Waals surface area contributed by atoms with Gasteiger partial charge in [-0.2, -0.15) is 0 Å². The summed E-state index contributed by atoms with van der Waals surface area (Å²) in [6, 6.07) is 11.1. The minimum atomic E-state index is -0.515. The van der Waals surface area contributed by atoms with Crippen molar-refractivity contribution < 1.29 is 19.1 Å².